The summed E-state index contributed by atoms with van der Waals surface area (Å²) in [5.74, 6) is 0.996. The maximum atomic E-state index is 10.5. The van der Waals surface area contributed by atoms with E-state index in [1.807, 2.05) is 0 Å². The molecule has 1 aliphatic carbocycles. The minimum Gasteiger partial charge on any atom is -0.299 e. The van der Waals surface area contributed by atoms with Gasteiger partial charge in [0.25, 0.3) is 0 Å². The van der Waals surface area contributed by atoms with Crippen LogP contribution in [0, 0.1) is 23.2 Å². The molecule has 4 rings (SSSR count). The van der Waals surface area contributed by atoms with Gasteiger partial charge in [-0.25, -0.2) is 0 Å². The summed E-state index contributed by atoms with van der Waals surface area (Å²) in [6, 6.07) is 24.4. The van der Waals surface area contributed by atoms with Crippen molar-refractivity contribution in [2.75, 3.05) is 13.1 Å². The Labute approximate surface area is 163 Å². The highest BCUT2D eigenvalue weighted by Gasteiger charge is 2.48. The van der Waals surface area contributed by atoms with Crippen molar-refractivity contribution >= 4 is 0 Å². The Bertz CT molecular complexity index is 750. The van der Waals surface area contributed by atoms with Crippen LogP contribution in [0.1, 0.15) is 49.7 Å². The van der Waals surface area contributed by atoms with E-state index in [2.05, 4.69) is 71.6 Å². The van der Waals surface area contributed by atoms with Crippen molar-refractivity contribution in [3.8, 4) is 6.07 Å². The number of piperidine rings is 1. The molecule has 0 radical (unpaired) electrons. The molecule has 2 aromatic carbocycles. The van der Waals surface area contributed by atoms with Crippen LogP contribution >= 0.6 is 0 Å². The van der Waals surface area contributed by atoms with Gasteiger partial charge in [-0.15, -0.1) is 0 Å². The Morgan fingerprint density at radius 3 is 1.96 bits per heavy atom. The van der Waals surface area contributed by atoms with Gasteiger partial charge in [0.05, 0.1) is 11.5 Å². The molecule has 0 aromatic heterocycles. The van der Waals surface area contributed by atoms with E-state index in [0.29, 0.717) is 11.8 Å². The molecule has 2 heteroatoms. The lowest BCUT2D eigenvalue weighted by atomic mass is 9.60. The predicted molar refractivity (Wildman–Crippen MR) is 110 cm³/mol. The van der Waals surface area contributed by atoms with Crippen molar-refractivity contribution in [1.82, 2.24) is 4.90 Å². The summed E-state index contributed by atoms with van der Waals surface area (Å²) in [4.78, 5) is 2.56. The monoisotopic (exact) mass is 358 g/mol. The van der Waals surface area contributed by atoms with Crippen LogP contribution in [0.25, 0.3) is 0 Å². The van der Waals surface area contributed by atoms with Gasteiger partial charge in [0.2, 0.25) is 0 Å². The fourth-order valence-corrected chi connectivity index (χ4v) is 5.53. The average Bonchev–Trinajstić information content (AvgIpc) is 3.27. The zero-order chi connectivity index (χ0) is 18.5. The van der Waals surface area contributed by atoms with Gasteiger partial charge in [-0.3, -0.25) is 4.90 Å². The number of likely N-dealkylation sites (tertiary alicyclic amines) is 1. The van der Waals surface area contributed by atoms with Crippen LogP contribution in [0.4, 0.5) is 0 Å². The summed E-state index contributed by atoms with van der Waals surface area (Å²) >= 11 is 0. The Morgan fingerprint density at radius 2 is 1.37 bits per heavy atom. The standard InChI is InChI=1S/C25H30N2/c26-20-25(23-13-7-8-14-23,22-11-5-2-6-12-22)24-15-17-27(18-16-24)19-21-9-3-1-4-10-21/h1-6,9-12,23-24H,7-8,13-19H2. The lowest BCUT2D eigenvalue weighted by Crippen LogP contribution is -2.46. The number of nitriles is 1. The third-order valence-corrected chi connectivity index (χ3v) is 6.92. The summed E-state index contributed by atoms with van der Waals surface area (Å²) in [6.07, 6.45) is 7.26. The van der Waals surface area contributed by atoms with E-state index in [9.17, 15) is 5.26 Å². The molecule has 1 aliphatic heterocycles. The Hall–Kier alpha value is -2.11. The number of benzene rings is 2. The summed E-state index contributed by atoms with van der Waals surface area (Å²) < 4.78 is 0. The first kappa shape index (κ1) is 18.3. The largest absolute Gasteiger partial charge is 0.299 e. The Balaban J connectivity index is 1.53. The van der Waals surface area contributed by atoms with Crippen molar-refractivity contribution in [3.05, 3.63) is 71.8 Å². The summed E-state index contributed by atoms with van der Waals surface area (Å²) in [5.41, 5.74) is 2.36. The van der Waals surface area contributed by atoms with Gasteiger partial charge in [0.1, 0.15) is 0 Å². The van der Waals surface area contributed by atoms with Gasteiger partial charge in [-0.1, -0.05) is 73.5 Å². The fourth-order valence-electron chi connectivity index (χ4n) is 5.53. The summed E-state index contributed by atoms with van der Waals surface area (Å²) in [5, 5.41) is 10.5. The van der Waals surface area contributed by atoms with E-state index in [1.54, 1.807) is 0 Å². The van der Waals surface area contributed by atoms with Gasteiger partial charge in [0.15, 0.2) is 0 Å². The molecule has 1 saturated carbocycles. The molecule has 1 unspecified atom stereocenters. The quantitative estimate of drug-likeness (QED) is 0.700. The molecule has 2 nitrogen and oxygen atoms in total. The van der Waals surface area contributed by atoms with Crippen LogP contribution in [0.2, 0.25) is 0 Å². The first-order valence-electron chi connectivity index (χ1n) is 10.6. The third kappa shape index (κ3) is 3.66. The molecule has 0 N–H and O–H groups in total. The second-order valence-corrected chi connectivity index (χ2v) is 8.36. The van der Waals surface area contributed by atoms with E-state index < -0.39 is 0 Å². The van der Waals surface area contributed by atoms with Crippen LogP contribution in [-0.4, -0.2) is 18.0 Å². The van der Waals surface area contributed by atoms with E-state index in [1.165, 1.54) is 36.8 Å². The number of hydrogen-bond donors (Lipinski definition) is 0. The maximum Gasteiger partial charge on any atom is 0.0879 e. The first-order valence-corrected chi connectivity index (χ1v) is 10.6. The predicted octanol–water partition coefficient (Wildman–Crippen LogP) is 5.55. The Kier molecular flexibility index (Phi) is 5.60. The highest BCUT2D eigenvalue weighted by atomic mass is 15.1. The molecular formula is C25H30N2. The van der Waals surface area contributed by atoms with Crippen LogP contribution < -0.4 is 0 Å². The van der Waals surface area contributed by atoms with E-state index in [4.69, 9.17) is 0 Å². The van der Waals surface area contributed by atoms with Crippen LogP contribution in [0.15, 0.2) is 60.7 Å². The molecule has 2 aliphatic rings. The molecule has 0 bridgehead atoms. The van der Waals surface area contributed by atoms with Crippen molar-refractivity contribution < 1.29 is 0 Å². The van der Waals surface area contributed by atoms with Gasteiger partial charge in [-0.2, -0.15) is 5.26 Å². The van der Waals surface area contributed by atoms with Gasteiger partial charge in [-0.05, 0) is 61.7 Å². The summed E-state index contributed by atoms with van der Waals surface area (Å²) in [6.45, 7) is 3.23. The van der Waals surface area contributed by atoms with Crippen LogP contribution in [0.5, 0.6) is 0 Å². The third-order valence-electron chi connectivity index (χ3n) is 6.92. The fraction of sp³-hybridized carbons (Fsp3) is 0.480. The van der Waals surface area contributed by atoms with Gasteiger partial charge < -0.3 is 0 Å². The first-order chi connectivity index (χ1) is 13.3. The molecular weight excluding hydrogens is 328 g/mol. The van der Waals surface area contributed by atoms with Crippen molar-refractivity contribution in [3.63, 3.8) is 0 Å². The lowest BCUT2D eigenvalue weighted by molar-refractivity contribution is 0.115. The van der Waals surface area contributed by atoms with Crippen molar-refractivity contribution in [2.24, 2.45) is 11.8 Å². The lowest BCUT2D eigenvalue weighted by Gasteiger charge is -2.44. The number of hydrogen-bond acceptors (Lipinski definition) is 2. The normalized spacial score (nSPS) is 21.6. The topological polar surface area (TPSA) is 27.0 Å². The molecule has 2 aromatic rings. The highest BCUT2D eigenvalue weighted by molar-refractivity contribution is 5.36. The molecule has 27 heavy (non-hydrogen) atoms. The number of rotatable bonds is 5. The number of nitrogens with zero attached hydrogens (tertiary/aromatic N) is 2. The van der Waals surface area contributed by atoms with E-state index in [-0.39, 0.29) is 5.41 Å². The highest BCUT2D eigenvalue weighted by Crippen LogP contribution is 2.49. The minimum absolute atomic E-state index is 0.295. The summed E-state index contributed by atoms with van der Waals surface area (Å²) in [7, 11) is 0. The zero-order valence-corrected chi connectivity index (χ0v) is 16.2. The molecule has 0 spiro atoms. The Morgan fingerprint density at radius 1 is 0.815 bits per heavy atom. The molecule has 1 saturated heterocycles. The minimum atomic E-state index is -0.295. The second-order valence-electron chi connectivity index (χ2n) is 8.36. The smallest absolute Gasteiger partial charge is 0.0879 e. The molecule has 1 heterocycles. The van der Waals surface area contributed by atoms with Gasteiger partial charge >= 0.3 is 0 Å². The maximum absolute atomic E-state index is 10.5. The second kappa shape index (κ2) is 8.28. The van der Waals surface area contributed by atoms with Crippen molar-refractivity contribution in [2.45, 2.75) is 50.5 Å². The van der Waals surface area contributed by atoms with Crippen LogP contribution in [0.3, 0.4) is 0 Å². The molecule has 140 valence electrons. The van der Waals surface area contributed by atoms with E-state index >= 15 is 0 Å². The molecule has 1 atom stereocenters. The average molecular weight is 359 g/mol. The zero-order valence-electron chi connectivity index (χ0n) is 16.2. The molecule has 0 amide bonds. The van der Waals surface area contributed by atoms with Crippen molar-refractivity contribution in [1.29, 1.82) is 5.26 Å². The van der Waals surface area contributed by atoms with Crippen LogP contribution in [-0.2, 0) is 12.0 Å². The van der Waals surface area contributed by atoms with Gasteiger partial charge in [0, 0.05) is 6.54 Å². The SMILES string of the molecule is N#CC(c1ccccc1)(C1CCCC1)C1CCN(Cc2ccccc2)CC1. The molecule has 2 fully saturated rings. The van der Waals surface area contributed by atoms with E-state index in [0.717, 1.165) is 32.5 Å².